The van der Waals surface area contributed by atoms with E-state index in [2.05, 4.69) is 10.2 Å². The molecule has 152 valence electrons. The molecule has 29 heavy (non-hydrogen) atoms. The van der Waals surface area contributed by atoms with E-state index < -0.39 is 16.6 Å². The van der Waals surface area contributed by atoms with Gasteiger partial charge in [0.05, 0.1) is 4.92 Å². The average molecular weight is 400 g/mol. The second kappa shape index (κ2) is 8.78. The van der Waals surface area contributed by atoms with Crippen molar-refractivity contribution < 1.29 is 18.9 Å². The van der Waals surface area contributed by atoms with Gasteiger partial charge in [-0.05, 0) is 43.2 Å². The Morgan fingerprint density at radius 1 is 1.14 bits per heavy atom. The van der Waals surface area contributed by atoms with Crippen LogP contribution in [-0.2, 0) is 6.54 Å². The normalized spacial score (nSPS) is 15.1. The molecule has 3 N–H and O–H groups in total. The molecule has 0 saturated carbocycles. The number of piperidine rings is 1. The maximum Gasteiger partial charge on any atom is 0.274 e. The molecule has 1 aliphatic rings. The van der Waals surface area contributed by atoms with Gasteiger partial charge < -0.3 is 11.1 Å². The smallest absolute Gasteiger partial charge is 0.274 e. The number of rotatable bonds is 6. The summed E-state index contributed by atoms with van der Waals surface area (Å²) in [6.07, 6.45) is 1.39. The van der Waals surface area contributed by atoms with Gasteiger partial charge in [0.15, 0.2) is 0 Å². The maximum atomic E-state index is 13.0. The van der Waals surface area contributed by atoms with Crippen LogP contribution in [0.25, 0.3) is 0 Å². The fourth-order valence-electron chi connectivity index (χ4n) is 3.37. The highest BCUT2D eigenvalue weighted by Gasteiger charge is 2.24. The second-order valence-electron chi connectivity index (χ2n) is 7.00. The molecule has 2 aromatic carbocycles. The molecule has 2 aromatic rings. The minimum atomic E-state index is -0.711. The van der Waals surface area contributed by atoms with E-state index in [0.717, 1.165) is 0 Å². The summed E-state index contributed by atoms with van der Waals surface area (Å²) in [7, 11) is 0. The number of hydrogen-bond acceptors (Lipinski definition) is 5. The van der Waals surface area contributed by atoms with E-state index >= 15 is 0 Å². The molecule has 1 fully saturated rings. The summed E-state index contributed by atoms with van der Waals surface area (Å²) >= 11 is 0. The van der Waals surface area contributed by atoms with Gasteiger partial charge in [0.2, 0.25) is 5.91 Å². The van der Waals surface area contributed by atoms with Gasteiger partial charge in [0.1, 0.15) is 5.82 Å². The Kier molecular flexibility index (Phi) is 6.18. The van der Waals surface area contributed by atoms with Gasteiger partial charge >= 0.3 is 0 Å². The Balaban J connectivity index is 1.57. The molecule has 0 aromatic heterocycles. The number of nitro groups is 1. The van der Waals surface area contributed by atoms with E-state index in [1.165, 1.54) is 36.4 Å². The van der Waals surface area contributed by atoms with Gasteiger partial charge in [-0.3, -0.25) is 24.6 Å². The molecule has 0 spiro atoms. The van der Waals surface area contributed by atoms with E-state index in [-0.39, 0.29) is 23.2 Å². The zero-order valence-corrected chi connectivity index (χ0v) is 15.6. The number of nitro benzene ring substituents is 1. The molecular weight excluding hydrogens is 379 g/mol. The highest BCUT2D eigenvalue weighted by Crippen LogP contribution is 2.23. The van der Waals surface area contributed by atoms with Gasteiger partial charge in [-0.25, -0.2) is 4.39 Å². The summed E-state index contributed by atoms with van der Waals surface area (Å²) < 4.78 is 13.0. The molecule has 8 nitrogen and oxygen atoms in total. The Morgan fingerprint density at radius 3 is 2.34 bits per heavy atom. The van der Waals surface area contributed by atoms with Gasteiger partial charge in [0, 0.05) is 48.4 Å². The average Bonchev–Trinajstić information content (AvgIpc) is 2.70. The van der Waals surface area contributed by atoms with Crippen molar-refractivity contribution in [3.05, 3.63) is 75.1 Å². The Bertz CT molecular complexity index is 925. The largest absolute Gasteiger partial charge is 0.366 e. The van der Waals surface area contributed by atoms with Gasteiger partial charge in [-0.15, -0.1) is 0 Å². The van der Waals surface area contributed by atoms with Crippen LogP contribution >= 0.6 is 0 Å². The number of hydrogen-bond donors (Lipinski definition) is 2. The van der Waals surface area contributed by atoms with Crippen LogP contribution in [0, 0.1) is 15.9 Å². The Labute approximate surface area is 166 Å². The van der Waals surface area contributed by atoms with Crippen molar-refractivity contribution in [1.82, 2.24) is 10.2 Å². The molecule has 9 heteroatoms. The first-order valence-electron chi connectivity index (χ1n) is 9.19. The lowest BCUT2D eigenvalue weighted by Gasteiger charge is -2.32. The third-order valence-electron chi connectivity index (χ3n) is 4.99. The predicted molar refractivity (Wildman–Crippen MR) is 104 cm³/mol. The number of halogens is 1. The number of primary amides is 1. The minimum Gasteiger partial charge on any atom is -0.366 e. The zero-order valence-electron chi connectivity index (χ0n) is 15.6. The first-order valence-corrected chi connectivity index (χ1v) is 9.19. The van der Waals surface area contributed by atoms with Crippen molar-refractivity contribution in [2.75, 3.05) is 13.1 Å². The monoisotopic (exact) mass is 400 g/mol. The number of likely N-dealkylation sites (tertiary alicyclic amines) is 1. The molecular formula is C20H21FN4O4. The van der Waals surface area contributed by atoms with E-state index in [9.17, 15) is 24.1 Å². The highest BCUT2D eigenvalue weighted by atomic mass is 19.1. The standard InChI is InChI=1S/C20H21FN4O4/c21-16-5-3-13(4-6-16)20(27)23-17-7-9-24(10-8-17)12-15-2-1-14(19(22)26)11-18(15)25(28)29/h1-6,11,17H,7-10,12H2,(H2,22,26)(H,23,27). The van der Waals surface area contributed by atoms with Gasteiger partial charge in [-0.2, -0.15) is 0 Å². The highest BCUT2D eigenvalue weighted by molar-refractivity contribution is 5.94. The molecule has 0 atom stereocenters. The summed E-state index contributed by atoms with van der Waals surface area (Å²) in [6.45, 7) is 1.68. The molecule has 1 saturated heterocycles. The first-order chi connectivity index (χ1) is 13.8. The molecule has 2 amide bonds. The number of carbonyl (C=O) groups excluding carboxylic acids is 2. The molecule has 1 heterocycles. The van der Waals surface area contributed by atoms with Crippen LogP contribution in [0.5, 0.6) is 0 Å². The first kappa shape index (κ1) is 20.4. The molecule has 0 bridgehead atoms. The van der Waals surface area contributed by atoms with Crippen molar-refractivity contribution in [2.24, 2.45) is 5.73 Å². The van der Waals surface area contributed by atoms with Crippen molar-refractivity contribution in [2.45, 2.75) is 25.4 Å². The van der Waals surface area contributed by atoms with Gasteiger partial charge in [0.25, 0.3) is 11.6 Å². The molecule has 0 radical (unpaired) electrons. The van der Waals surface area contributed by atoms with Crippen molar-refractivity contribution in [1.29, 1.82) is 0 Å². The molecule has 1 aliphatic heterocycles. The van der Waals surface area contributed by atoms with Crippen LogP contribution < -0.4 is 11.1 Å². The zero-order chi connectivity index (χ0) is 21.0. The minimum absolute atomic E-state index is 0.0176. The van der Waals surface area contributed by atoms with Crippen LogP contribution in [0.4, 0.5) is 10.1 Å². The lowest BCUT2D eigenvalue weighted by molar-refractivity contribution is -0.385. The van der Waals surface area contributed by atoms with Crippen molar-refractivity contribution >= 4 is 17.5 Å². The molecule has 3 rings (SSSR count). The summed E-state index contributed by atoms with van der Waals surface area (Å²) in [5, 5.41) is 14.3. The number of amides is 2. The Hall–Kier alpha value is -3.33. The van der Waals surface area contributed by atoms with Crippen LogP contribution in [0.2, 0.25) is 0 Å². The van der Waals surface area contributed by atoms with E-state index in [1.54, 1.807) is 6.07 Å². The lowest BCUT2D eigenvalue weighted by Crippen LogP contribution is -2.44. The van der Waals surface area contributed by atoms with Crippen molar-refractivity contribution in [3.63, 3.8) is 0 Å². The maximum absolute atomic E-state index is 13.0. The topological polar surface area (TPSA) is 119 Å². The number of carbonyl (C=O) groups is 2. The van der Waals surface area contributed by atoms with Crippen LogP contribution in [0.1, 0.15) is 39.1 Å². The number of nitrogens with two attached hydrogens (primary N) is 1. The summed E-state index contributed by atoms with van der Waals surface area (Å²) in [6, 6.07) is 9.59. The third-order valence-corrected chi connectivity index (χ3v) is 4.99. The van der Waals surface area contributed by atoms with Crippen LogP contribution in [-0.4, -0.2) is 40.8 Å². The fourth-order valence-corrected chi connectivity index (χ4v) is 3.37. The summed E-state index contributed by atoms with van der Waals surface area (Å²) in [5.41, 5.74) is 6.07. The molecule has 0 aliphatic carbocycles. The predicted octanol–water partition coefficient (Wildman–Crippen LogP) is 2.23. The number of benzene rings is 2. The lowest BCUT2D eigenvalue weighted by atomic mass is 10.0. The summed E-state index contributed by atoms with van der Waals surface area (Å²) in [5.74, 6) is -1.36. The second-order valence-corrected chi connectivity index (χ2v) is 7.00. The van der Waals surface area contributed by atoms with E-state index in [0.29, 0.717) is 43.6 Å². The molecule has 0 unspecified atom stereocenters. The number of nitrogens with zero attached hydrogens (tertiary/aromatic N) is 2. The van der Waals surface area contributed by atoms with Crippen LogP contribution in [0.3, 0.4) is 0 Å². The van der Waals surface area contributed by atoms with E-state index in [4.69, 9.17) is 5.73 Å². The summed E-state index contributed by atoms with van der Waals surface area (Å²) in [4.78, 5) is 36.4. The van der Waals surface area contributed by atoms with Crippen molar-refractivity contribution in [3.8, 4) is 0 Å². The Morgan fingerprint density at radius 2 is 1.76 bits per heavy atom. The third kappa shape index (κ3) is 5.14. The quantitative estimate of drug-likeness (QED) is 0.569. The SMILES string of the molecule is NC(=O)c1ccc(CN2CCC(NC(=O)c3ccc(F)cc3)CC2)c([N+](=O)[O-])c1. The fraction of sp³-hybridized carbons (Fsp3) is 0.300. The van der Waals surface area contributed by atoms with E-state index in [1.807, 2.05) is 0 Å². The van der Waals surface area contributed by atoms with Gasteiger partial charge in [-0.1, -0.05) is 6.07 Å². The number of nitrogens with one attached hydrogen (secondary N) is 1. The van der Waals surface area contributed by atoms with Crippen LogP contribution in [0.15, 0.2) is 42.5 Å².